The summed E-state index contributed by atoms with van der Waals surface area (Å²) in [4.78, 5) is 17.2. The van der Waals surface area contributed by atoms with E-state index in [1.165, 1.54) is 30.3 Å². The van der Waals surface area contributed by atoms with E-state index in [9.17, 15) is 27.5 Å². The van der Waals surface area contributed by atoms with Gasteiger partial charge in [-0.3, -0.25) is 0 Å². The lowest BCUT2D eigenvalue weighted by Crippen LogP contribution is -2.28. The second-order valence-corrected chi connectivity index (χ2v) is 8.88. The molecule has 0 saturated heterocycles. The van der Waals surface area contributed by atoms with Crippen LogP contribution in [-0.4, -0.2) is 22.1 Å². The predicted octanol–water partition coefficient (Wildman–Crippen LogP) is 6.92. The molecule has 4 rings (SSSR count). The van der Waals surface area contributed by atoms with Crippen molar-refractivity contribution in [2.24, 2.45) is 0 Å². The van der Waals surface area contributed by atoms with E-state index in [0.717, 1.165) is 12.1 Å². The molecule has 1 aliphatic heterocycles. The second kappa shape index (κ2) is 9.69. The Kier molecular flexibility index (Phi) is 6.84. The average Bonchev–Trinajstić information content (AvgIpc) is 3.19. The van der Waals surface area contributed by atoms with Crippen LogP contribution in [0.4, 0.5) is 23.4 Å². The number of nitrogens with zero attached hydrogens (tertiary/aromatic N) is 2. The van der Waals surface area contributed by atoms with E-state index >= 15 is 0 Å². The number of carbonyl (C=O) groups is 1. The van der Waals surface area contributed by atoms with Crippen LogP contribution < -0.4 is 9.64 Å². The number of hydrogen-bond acceptors (Lipinski definition) is 4. The van der Waals surface area contributed by atoms with Crippen LogP contribution in [0.1, 0.15) is 40.5 Å². The number of alkyl halides is 3. The molecule has 10 heteroatoms. The molecule has 35 heavy (non-hydrogen) atoms. The van der Waals surface area contributed by atoms with Crippen LogP contribution in [-0.2, 0) is 12.8 Å². The Balaban J connectivity index is 1.75. The molecule has 0 spiro atoms. The van der Waals surface area contributed by atoms with Crippen molar-refractivity contribution in [3.05, 3.63) is 93.3 Å². The predicted molar refractivity (Wildman–Crippen MR) is 126 cm³/mol. The molecule has 0 saturated carbocycles. The van der Waals surface area contributed by atoms with Gasteiger partial charge in [-0.25, -0.2) is 14.2 Å². The standard InChI is InChI=1S/C25H19BrF4N2O3/c1-14-5-9-21(32(14)23-4-2-3-20(31-23)24(33)34)18-11-16(25(28,29)30)7-10-22(18)35-13-15-6-8-17(26)12-19(15)27/h2-4,6-12,14H,5,13H2,1H3,(H,33,34). The second-order valence-electron chi connectivity index (χ2n) is 7.96. The lowest BCUT2D eigenvalue weighted by molar-refractivity contribution is -0.137. The lowest BCUT2D eigenvalue weighted by atomic mass is 10.1. The van der Waals surface area contributed by atoms with Crippen molar-refractivity contribution in [1.29, 1.82) is 0 Å². The van der Waals surface area contributed by atoms with Crippen LogP contribution in [0.15, 0.2) is 65.1 Å². The monoisotopic (exact) mass is 550 g/mol. The number of carboxylic acid groups (broad SMARTS) is 1. The van der Waals surface area contributed by atoms with Crippen LogP contribution >= 0.6 is 15.9 Å². The molecule has 0 amide bonds. The van der Waals surface area contributed by atoms with Crippen molar-refractivity contribution < 1.29 is 32.2 Å². The van der Waals surface area contributed by atoms with Crippen LogP contribution in [0.5, 0.6) is 5.75 Å². The van der Waals surface area contributed by atoms with Crippen LogP contribution in [0.2, 0.25) is 0 Å². The molecule has 1 unspecified atom stereocenters. The number of pyridine rings is 1. The van der Waals surface area contributed by atoms with Gasteiger partial charge in [-0.05, 0) is 55.8 Å². The number of hydrogen-bond donors (Lipinski definition) is 1. The molecule has 0 radical (unpaired) electrons. The molecule has 1 atom stereocenters. The number of anilines is 1. The Morgan fingerprint density at radius 2 is 1.97 bits per heavy atom. The maximum Gasteiger partial charge on any atom is 0.416 e. The highest BCUT2D eigenvalue weighted by Crippen LogP contribution is 2.41. The van der Waals surface area contributed by atoms with E-state index in [1.54, 1.807) is 23.1 Å². The molecule has 1 aromatic heterocycles. The first-order chi connectivity index (χ1) is 16.5. The van der Waals surface area contributed by atoms with E-state index in [1.807, 2.05) is 6.92 Å². The molecule has 2 heterocycles. The van der Waals surface area contributed by atoms with Gasteiger partial charge < -0.3 is 14.7 Å². The highest BCUT2D eigenvalue weighted by atomic mass is 79.9. The van der Waals surface area contributed by atoms with Gasteiger partial charge in [-0.2, -0.15) is 13.2 Å². The van der Waals surface area contributed by atoms with Gasteiger partial charge in [0.1, 0.15) is 24.0 Å². The summed E-state index contributed by atoms with van der Waals surface area (Å²) in [7, 11) is 0. The van der Waals surface area contributed by atoms with E-state index in [2.05, 4.69) is 20.9 Å². The zero-order valence-corrected chi connectivity index (χ0v) is 19.9. The summed E-state index contributed by atoms with van der Waals surface area (Å²) < 4.78 is 61.3. The number of halogens is 5. The molecular formula is C25H19BrF4N2O3. The van der Waals surface area contributed by atoms with Gasteiger partial charge in [0, 0.05) is 27.3 Å². The van der Waals surface area contributed by atoms with Gasteiger partial charge in [-0.15, -0.1) is 0 Å². The minimum absolute atomic E-state index is 0.125. The maximum absolute atomic E-state index is 14.3. The third-order valence-corrected chi connectivity index (χ3v) is 6.03. The third kappa shape index (κ3) is 5.32. The van der Waals surface area contributed by atoms with Crippen molar-refractivity contribution >= 4 is 33.4 Å². The number of aromatic nitrogens is 1. The van der Waals surface area contributed by atoms with E-state index in [4.69, 9.17) is 4.74 Å². The summed E-state index contributed by atoms with van der Waals surface area (Å²) in [6, 6.07) is 11.8. The number of rotatable bonds is 6. The Morgan fingerprint density at radius 1 is 1.20 bits per heavy atom. The first-order valence-corrected chi connectivity index (χ1v) is 11.3. The fraction of sp³-hybridized carbons (Fsp3) is 0.200. The van der Waals surface area contributed by atoms with Gasteiger partial charge in [0.2, 0.25) is 0 Å². The van der Waals surface area contributed by atoms with Crippen LogP contribution in [0.25, 0.3) is 5.70 Å². The first-order valence-electron chi connectivity index (χ1n) is 10.5. The van der Waals surface area contributed by atoms with Crippen LogP contribution in [0, 0.1) is 5.82 Å². The van der Waals surface area contributed by atoms with Gasteiger partial charge in [0.25, 0.3) is 0 Å². The molecule has 5 nitrogen and oxygen atoms in total. The molecule has 3 aromatic rings. The fourth-order valence-corrected chi connectivity index (χ4v) is 4.15. The van der Waals surface area contributed by atoms with Crippen molar-refractivity contribution in [3.63, 3.8) is 0 Å². The van der Waals surface area contributed by atoms with E-state index in [-0.39, 0.29) is 41.0 Å². The molecule has 182 valence electrons. The Morgan fingerprint density at radius 3 is 2.66 bits per heavy atom. The molecule has 0 aliphatic carbocycles. The Hall–Kier alpha value is -3.40. The SMILES string of the molecule is CC1CC=C(c2cc(C(F)(F)F)ccc2OCc2ccc(Br)cc2F)N1c1cccc(C(=O)O)n1. The average molecular weight is 551 g/mol. The van der Waals surface area contributed by atoms with Crippen molar-refractivity contribution in [2.45, 2.75) is 32.2 Å². The van der Waals surface area contributed by atoms with Gasteiger partial charge in [0.05, 0.1) is 5.56 Å². The topological polar surface area (TPSA) is 62.7 Å². The number of carboxylic acids is 1. The maximum atomic E-state index is 14.3. The van der Waals surface area contributed by atoms with Gasteiger partial charge in [0.15, 0.2) is 5.69 Å². The largest absolute Gasteiger partial charge is 0.488 e. The number of benzene rings is 2. The molecule has 2 aromatic carbocycles. The zero-order valence-electron chi connectivity index (χ0n) is 18.3. The van der Waals surface area contributed by atoms with Gasteiger partial charge >= 0.3 is 12.1 Å². The Labute approximate surface area is 206 Å². The summed E-state index contributed by atoms with van der Waals surface area (Å²) in [6.07, 6.45) is -2.35. The molecule has 0 bridgehead atoms. The fourth-order valence-electron chi connectivity index (χ4n) is 3.82. The highest BCUT2D eigenvalue weighted by molar-refractivity contribution is 9.10. The summed E-state index contributed by atoms with van der Waals surface area (Å²) in [6.45, 7) is 1.65. The summed E-state index contributed by atoms with van der Waals surface area (Å²) in [5.41, 5.74) is -0.288. The van der Waals surface area contributed by atoms with Crippen molar-refractivity contribution in [3.8, 4) is 5.75 Å². The highest BCUT2D eigenvalue weighted by Gasteiger charge is 2.34. The zero-order chi connectivity index (χ0) is 25.3. The smallest absolute Gasteiger partial charge is 0.416 e. The number of ether oxygens (including phenoxy) is 1. The van der Waals surface area contributed by atoms with Crippen molar-refractivity contribution in [2.75, 3.05) is 4.90 Å². The Bertz CT molecular complexity index is 1310. The first kappa shape index (κ1) is 24.7. The lowest BCUT2D eigenvalue weighted by Gasteiger charge is -2.28. The molecule has 0 fully saturated rings. The summed E-state index contributed by atoms with van der Waals surface area (Å²) in [5, 5.41) is 9.31. The van der Waals surface area contributed by atoms with E-state index < -0.39 is 23.5 Å². The molecule has 1 aliphatic rings. The minimum atomic E-state index is -4.60. The van der Waals surface area contributed by atoms with E-state index in [0.29, 0.717) is 16.6 Å². The quantitative estimate of drug-likeness (QED) is 0.337. The molecular weight excluding hydrogens is 532 g/mol. The minimum Gasteiger partial charge on any atom is -0.488 e. The van der Waals surface area contributed by atoms with Crippen LogP contribution in [0.3, 0.4) is 0 Å². The van der Waals surface area contributed by atoms with Gasteiger partial charge in [-0.1, -0.05) is 34.1 Å². The summed E-state index contributed by atoms with van der Waals surface area (Å²) >= 11 is 3.18. The van der Waals surface area contributed by atoms with Crippen molar-refractivity contribution in [1.82, 2.24) is 4.98 Å². The summed E-state index contributed by atoms with van der Waals surface area (Å²) in [5.74, 6) is -1.33. The molecule has 1 N–H and O–H groups in total. The number of aromatic carboxylic acids is 1. The normalized spacial score (nSPS) is 15.8. The third-order valence-electron chi connectivity index (χ3n) is 5.53.